The molecule has 2 aromatic rings. The first-order chi connectivity index (χ1) is 8.77. The number of hydrogen-bond acceptors (Lipinski definition) is 1. The Morgan fingerprint density at radius 3 is 2.39 bits per heavy atom. The Hall–Kier alpha value is -2.09. The zero-order valence-corrected chi connectivity index (χ0v) is 10.3. The second-order valence-electron chi connectivity index (χ2n) is 4.52. The molecule has 0 aromatic heterocycles. The maximum Gasteiger partial charge on any atom is 0.239 e. The van der Waals surface area contributed by atoms with Crippen LogP contribution in [0.15, 0.2) is 54.6 Å². The van der Waals surface area contributed by atoms with E-state index in [2.05, 4.69) is 12.1 Å². The van der Waals surface area contributed by atoms with Crippen molar-refractivity contribution in [3.05, 3.63) is 71.6 Å². The van der Waals surface area contributed by atoms with Gasteiger partial charge < -0.3 is 4.90 Å². The lowest BCUT2D eigenvalue weighted by atomic mass is 9.93. The standard InChI is InChI=1S/C16H14NO/c1-17-15-10-6-5-9-13(15)14(16(17)18)11-12-7-3-2-4-8-12/h2-10H,11H2,1H3. The Balaban J connectivity index is 1.96. The number of amides is 1. The molecule has 3 rings (SSSR count). The topological polar surface area (TPSA) is 20.3 Å². The van der Waals surface area contributed by atoms with Gasteiger partial charge in [-0.3, -0.25) is 4.79 Å². The SMILES string of the molecule is CN1C(=O)[C](Cc2ccccc2)c2ccccc21. The maximum absolute atomic E-state index is 12.3. The highest BCUT2D eigenvalue weighted by Crippen LogP contribution is 2.37. The van der Waals surface area contributed by atoms with Crippen LogP contribution in [0.4, 0.5) is 5.69 Å². The van der Waals surface area contributed by atoms with E-state index in [4.69, 9.17) is 0 Å². The summed E-state index contributed by atoms with van der Waals surface area (Å²) in [5, 5.41) is 0. The molecule has 2 aromatic carbocycles. The lowest BCUT2D eigenvalue weighted by molar-refractivity contribution is -0.115. The number of carbonyl (C=O) groups excluding carboxylic acids is 1. The highest BCUT2D eigenvalue weighted by atomic mass is 16.2. The van der Waals surface area contributed by atoms with Gasteiger partial charge in [-0.25, -0.2) is 0 Å². The number of hydrogen-bond donors (Lipinski definition) is 0. The van der Waals surface area contributed by atoms with Crippen LogP contribution in [0.3, 0.4) is 0 Å². The number of carbonyl (C=O) groups is 1. The molecule has 2 nitrogen and oxygen atoms in total. The van der Waals surface area contributed by atoms with E-state index >= 15 is 0 Å². The van der Waals surface area contributed by atoms with E-state index in [9.17, 15) is 4.79 Å². The summed E-state index contributed by atoms with van der Waals surface area (Å²) in [5.41, 5.74) is 3.24. The highest BCUT2D eigenvalue weighted by Gasteiger charge is 2.35. The molecule has 0 saturated carbocycles. The third-order valence-electron chi connectivity index (χ3n) is 3.38. The van der Waals surface area contributed by atoms with Gasteiger partial charge in [0.05, 0.1) is 5.92 Å². The molecule has 0 saturated heterocycles. The average Bonchev–Trinajstić information content (AvgIpc) is 2.66. The minimum absolute atomic E-state index is 0.111. The molecule has 0 fully saturated rings. The Kier molecular flexibility index (Phi) is 2.63. The molecule has 0 spiro atoms. The van der Waals surface area contributed by atoms with Crippen LogP contribution >= 0.6 is 0 Å². The van der Waals surface area contributed by atoms with Crippen molar-refractivity contribution in [3.63, 3.8) is 0 Å². The van der Waals surface area contributed by atoms with Gasteiger partial charge in [-0.2, -0.15) is 0 Å². The van der Waals surface area contributed by atoms with Crippen molar-refractivity contribution in [1.82, 2.24) is 0 Å². The minimum atomic E-state index is 0.111. The summed E-state index contributed by atoms with van der Waals surface area (Å²) in [6.07, 6.45) is 0.695. The third-order valence-corrected chi connectivity index (χ3v) is 3.38. The number of nitrogens with zero attached hydrogens (tertiary/aromatic N) is 1. The van der Waals surface area contributed by atoms with Crippen LogP contribution in [0.1, 0.15) is 11.1 Å². The fraction of sp³-hybridized carbons (Fsp3) is 0.125. The molecule has 89 valence electrons. The van der Waals surface area contributed by atoms with Crippen molar-refractivity contribution in [2.24, 2.45) is 0 Å². The van der Waals surface area contributed by atoms with E-state index in [0.29, 0.717) is 6.42 Å². The second-order valence-corrected chi connectivity index (χ2v) is 4.52. The molecule has 2 heteroatoms. The van der Waals surface area contributed by atoms with Crippen LogP contribution < -0.4 is 4.90 Å². The molecule has 0 N–H and O–H groups in total. The molecule has 0 unspecified atom stereocenters. The quantitative estimate of drug-likeness (QED) is 0.785. The van der Waals surface area contributed by atoms with Gasteiger partial charge in [0.15, 0.2) is 0 Å². The number of para-hydroxylation sites is 1. The van der Waals surface area contributed by atoms with E-state index in [1.54, 1.807) is 4.90 Å². The minimum Gasteiger partial charge on any atom is -0.314 e. The molecule has 18 heavy (non-hydrogen) atoms. The summed E-state index contributed by atoms with van der Waals surface area (Å²) < 4.78 is 0. The van der Waals surface area contributed by atoms with Gasteiger partial charge in [0.25, 0.3) is 0 Å². The number of benzene rings is 2. The molecule has 0 atom stereocenters. The normalized spacial score (nSPS) is 14.9. The molecule has 1 aliphatic rings. The van der Waals surface area contributed by atoms with E-state index in [-0.39, 0.29) is 5.91 Å². The van der Waals surface area contributed by atoms with E-state index in [0.717, 1.165) is 17.2 Å². The van der Waals surface area contributed by atoms with E-state index < -0.39 is 0 Å². The fourth-order valence-electron chi connectivity index (χ4n) is 2.42. The predicted octanol–water partition coefficient (Wildman–Crippen LogP) is 2.83. The molecule has 0 aliphatic carbocycles. The molecule has 0 bridgehead atoms. The van der Waals surface area contributed by atoms with Gasteiger partial charge in [0, 0.05) is 12.7 Å². The summed E-state index contributed by atoms with van der Waals surface area (Å²) in [7, 11) is 1.83. The summed E-state index contributed by atoms with van der Waals surface area (Å²) in [6.45, 7) is 0. The number of anilines is 1. The van der Waals surface area contributed by atoms with Gasteiger partial charge in [-0.05, 0) is 23.6 Å². The van der Waals surface area contributed by atoms with Crippen molar-refractivity contribution in [2.75, 3.05) is 11.9 Å². The molecular weight excluding hydrogens is 222 g/mol. The Bertz CT molecular complexity index is 577. The monoisotopic (exact) mass is 236 g/mol. The summed E-state index contributed by atoms with van der Waals surface area (Å²) in [6, 6.07) is 18.1. The largest absolute Gasteiger partial charge is 0.314 e. The predicted molar refractivity (Wildman–Crippen MR) is 72.3 cm³/mol. The zero-order valence-electron chi connectivity index (χ0n) is 10.3. The van der Waals surface area contributed by atoms with Crippen molar-refractivity contribution < 1.29 is 4.79 Å². The lowest BCUT2D eigenvalue weighted by Gasteiger charge is -2.10. The van der Waals surface area contributed by atoms with Crippen LogP contribution in [0.2, 0.25) is 0 Å². The van der Waals surface area contributed by atoms with Gasteiger partial charge >= 0.3 is 0 Å². The molecule has 1 aliphatic heterocycles. The molecular formula is C16H14NO. The summed E-state index contributed by atoms with van der Waals surface area (Å²) in [4.78, 5) is 14.0. The number of rotatable bonds is 2. The smallest absolute Gasteiger partial charge is 0.239 e. The van der Waals surface area contributed by atoms with E-state index in [1.807, 2.05) is 49.5 Å². The third kappa shape index (κ3) is 1.70. The second kappa shape index (κ2) is 4.30. The van der Waals surface area contributed by atoms with Crippen molar-refractivity contribution >= 4 is 11.6 Å². The first-order valence-corrected chi connectivity index (χ1v) is 6.04. The highest BCUT2D eigenvalue weighted by molar-refractivity contribution is 6.12. The van der Waals surface area contributed by atoms with E-state index in [1.165, 1.54) is 5.56 Å². The van der Waals surface area contributed by atoms with Crippen molar-refractivity contribution in [3.8, 4) is 0 Å². The zero-order chi connectivity index (χ0) is 12.5. The number of fused-ring (bicyclic) bond motifs is 1. The van der Waals surface area contributed by atoms with Crippen LogP contribution in [0.5, 0.6) is 0 Å². The first kappa shape index (κ1) is 11.0. The Morgan fingerprint density at radius 1 is 0.944 bits per heavy atom. The van der Waals surface area contributed by atoms with Crippen molar-refractivity contribution in [1.29, 1.82) is 0 Å². The Labute approximate surface area is 107 Å². The van der Waals surface area contributed by atoms with Gasteiger partial charge in [-0.1, -0.05) is 48.5 Å². The molecule has 1 radical (unpaired) electrons. The number of likely N-dealkylation sites (N-methyl/N-ethyl adjacent to an activating group) is 1. The fourth-order valence-corrected chi connectivity index (χ4v) is 2.42. The van der Waals surface area contributed by atoms with Crippen molar-refractivity contribution in [2.45, 2.75) is 6.42 Å². The van der Waals surface area contributed by atoms with Gasteiger partial charge in [0.2, 0.25) is 5.91 Å². The summed E-state index contributed by atoms with van der Waals surface area (Å²) >= 11 is 0. The van der Waals surface area contributed by atoms with Gasteiger partial charge in [-0.15, -0.1) is 0 Å². The first-order valence-electron chi connectivity index (χ1n) is 6.04. The Morgan fingerprint density at radius 2 is 1.61 bits per heavy atom. The average molecular weight is 236 g/mol. The maximum atomic E-state index is 12.3. The summed E-state index contributed by atoms with van der Waals surface area (Å²) in [5.74, 6) is 0.999. The molecule has 1 amide bonds. The van der Waals surface area contributed by atoms with Crippen LogP contribution in [-0.4, -0.2) is 13.0 Å². The molecule has 1 heterocycles. The van der Waals surface area contributed by atoms with Crippen LogP contribution in [-0.2, 0) is 11.2 Å². The van der Waals surface area contributed by atoms with Crippen LogP contribution in [0.25, 0.3) is 0 Å². The lowest BCUT2D eigenvalue weighted by Crippen LogP contribution is -2.25. The van der Waals surface area contributed by atoms with Crippen LogP contribution in [0, 0.1) is 5.92 Å². The van der Waals surface area contributed by atoms with Gasteiger partial charge in [0.1, 0.15) is 0 Å².